The van der Waals surface area contributed by atoms with Gasteiger partial charge in [0.05, 0.1) is 4.88 Å². The second-order valence-corrected chi connectivity index (χ2v) is 6.22. The highest BCUT2D eigenvalue weighted by Gasteiger charge is 2.27. The number of hydrogen-bond acceptors (Lipinski definition) is 4. The van der Waals surface area contributed by atoms with Crippen LogP contribution in [-0.2, 0) is 0 Å². The number of oxime groups is 1. The molecule has 104 valence electrons. The lowest BCUT2D eigenvalue weighted by Gasteiger charge is -2.31. The monoisotopic (exact) mass is 281 g/mol. The second-order valence-electron chi connectivity index (χ2n) is 4.97. The molecule has 1 aromatic heterocycles. The Balaban J connectivity index is 2.11. The average molecular weight is 281 g/mol. The molecule has 0 bridgehead atoms. The van der Waals surface area contributed by atoms with Crippen molar-refractivity contribution in [1.82, 2.24) is 4.90 Å². The van der Waals surface area contributed by atoms with Crippen molar-refractivity contribution >= 4 is 23.1 Å². The van der Waals surface area contributed by atoms with Crippen LogP contribution in [0.2, 0.25) is 0 Å². The maximum Gasteiger partial charge on any atom is 0.263 e. The summed E-state index contributed by atoms with van der Waals surface area (Å²) in [6.07, 6.45) is 1.75. The first-order chi connectivity index (χ1) is 9.02. The summed E-state index contributed by atoms with van der Waals surface area (Å²) in [6, 6.07) is 1.94. The Labute approximate surface area is 116 Å². The number of rotatable bonds is 2. The number of piperidine rings is 1. The van der Waals surface area contributed by atoms with Gasteiger partial charge >= 0.3 is 0 Å². The molecule has 1 aliphatic rings. The normalized spacial score (nSPS) is 20.6. The first-order valence-electron chi connectivity index (χ1n) is 6.36. The summed E-state index contributed by atoms with van der Waals surface area (Å²) in [4.78, 5) is 16.2. The predicted octanol–water partition coefficient (Wildman–Crippen LogP) is 1.96. The molecule has 1 atom stereocenters. The zero-order valence-electron chi connectivity index (χ0n) is 11.2. The van der Waals surface area contributed by atoms with E-state index in [-0.39, 0.29) is 17.7 Å². The van der Waals surface area contributed by atoms with Gasteiger partial charge in [0.15, 0.2) is 0 Å². The molecule has 2 rings (SSSR count). The first-order valence-corrected chi connectivity index (χ1v) is 7.18. The Morgan fingerprint density at radius 3 is 2.89 bits per heavy atom. The fourth-order valence-electron chi connectivity index (χ4n) is 2.32. The Kier molecular flexibility index (Phi) is 4.09. The molecule has 1 saturated heterocycles. The van der Waals surface area contributed by atoms with E-state index in [9.17, 15) is 4.79 Å². The van der Waals surface area contributed by atoms with Crippen molar-refractivity contribution in [2.24, 2.45) is 16.8 Å². The minimum absolute atomic E-state index is 0.0372. The van der Waals surface area contributed by atoms with Crippen LogP contribution in [0.25, 0.3) is 0 Å². The van der Waals surface area contributed by atoms with Gasteiger partial charge in [-0.2, -0.15) is 0 Å². The summed E-state index contributed by atoms with van der Waals surface area (Å²) in [7, 11) is 0. The zero-order chi connectivity index (χ0) is 14.0. The third-order valence-corrected chi connectivity index (χ3v) is 4.76. The molecule has 19 heavy (non-hydrogen) atoms. The molecule has 0 radical (unpaired) electrons. The van der Waals surface area contributed by atoms with E-state index in [0.717, 1.165) is 29.8 Å². The van der Waals surface area contributed by atoms with Crippen LogP contribution in [0.4, 0.5) is 0 Å². The van der Waals surface area contributed by atoms with E-state index < -0.39 is 0 Å². The molecule has 1 amide bonds. The van der Waals surface area contributed by atoms with Crippen LogP contribution in [-0.4, -0.2) is 34.9 Å². The minimum Gasteiger partial charge on any atom is -0.409 e. The largest absolute Gasteiger partial charge is 0.409 e. The lowest BCUT2D eigenvalue weighted by molar-refractivity contribution is 0.0706. The van der Waals surface area contributed by atoms with Gasteiger partial charge in [0.1, 0.15) is 5.84 Å². The van der Waals surface area contributed by atoms with Gasteiger partial charge in [-0.05, 0) is 38.3 Å². The summed E-state index contributed by atoms with van der Waals surface area (Å²) in [5, 5.41) is 11.8. The number of aryl methyl sites for hydroxylation is 2. The van der Waals surface area contributed by atoms with E-state index in [1.165, 1.54) is 16.2 Å². The third-order valence-electron chi connectivity index (χ3n) is 3.62. The summed E-state index contributed by atoms with van der Waals surface area (Å²) in [6.45, 7) is 5.30. The van der Waals surface area contributed by atoms with Gasteiger partial charge in [-0.25, -0.2) is 0 Å². The van der Waals surface area contributed by atoms with Crippen LogP contribution in [0.1, 0.15) is 33.0 Å². The Bertz CT molecular complexity index is 490. The molecule has 1 aliphatic heterocycles. The summed E-state index contributed by atoms with van der Waals surface area (Å²) >= 11 is 1.53. The average Bonchev–Trinajstić information content (AvgIpc) is 2.77. The van der Waals surface area contributed by atoms with E-state index in [1.807, 2.05) is 19.9 Å². The minimum atomic E-state index is -0.0372. The van der Waals surface area contributed by atoms with E-state index in [0.29, 0.717) is 6.54 Å². The number of thiophene rings is 1. The van der Waals surface area contributed by atoms with Gasteiger partial charge in [0.25, 0.3) is 5.91 Å². The first kappa shape index (κ1) is 13.9. The zero-order valence-corrected chi connectivity index (χ0v) is 12.0. The molecule has 1 aromatic rings. The van der Waals surface area contributed by atoms with Gasteiger partial charge < -0.3 is 15.8 Å². The third kappa shape index (κ3) is 2.89. The lowest BCUT2D eigenvalue weighted by atomic mass is 9.97. The van der Waals surface area contributed by atoms with Gasteiger partial charge in [-0.3, -0.25) is 4.79 Å². The molecule has 0 aromatic carbocycles. The number of hydrogen-bond donors (Lipinski definition) is 2. The van der Waals surface area contributed by atoms with Crippen LogP contribution < -0.4 is 5.73 Å². The smallest absolute Gasteiger partial charge is 0.263 e. The van der Waals surface area contributed by atoms with Crippen molar-refractivity contribution in [3.8, 4) is 0 Å². The fraction of sp³-hybridized carbons (Fsp3) is 0.538. The van der Waals surface area contributed by atoms with E-state index in [2.05, 4.69) is 5.16 Å². The summed E-state index contributed by atoms with van der Waals surface area (Å²) in [5.74, 6) is 0.234. The van der Waals surface area contributed by atoms with Crippen molar-refractivity contribution in [2.75, 3.05) is 13.1 Å². The Morgan fingerprint density at radius 1 is 1.58 bits per heavy atom. The number of amidine groups is 1. The molecule has 5 nitrogen and oxygen atoms in total. The number of carbonyl (C=O) groups is 1. The highest BCUT2D eigenvalue weighted by atomic mass is 32.1. The molecular formula is C13H19N3O2S. The predicted molar refractivity (Wildman–Crippen MR) is 75.8 cm³/mol. The van der Waals surface area contributed by atoms with Gasteiger partial charge in [-0.1, -0.05) is 5.16 Å². The quantitative estimate of drug-likeness (QED) is 0.376. The summed E-state index contributed by atoms with van der Waals surface area (Å²) < 4.78 is 0. The van der Waals surface area contributed by atoms with Crippen LogP contribution in [0.15, 0.2) is 11.2 Å². The maximum atomic E-state index is 12.4. The summed E-state index contributed by atoms with van der Waals surface area (Å²) in [5.41, 5.74) is 6.79. The number of nitrogens with zero attached hydrogens (tertiary/aromatic N) is 2. The van der Waals surface area contributed by atoms with Gasteiger partial charge in [0, 0.05) is 23.9 Å². The maximum absolute atomic E-state index is 12.4. The van der Waals surface area contributed by atoms with Crippen molar-refractivity contribution in [3.05, 3.63) is 21.4 Å². The number of carbonyl (C=O) groups excluding carboxylic acids is 1. The second kappa shape index (κ2) is 5.61. The molecular weight excluding hydrogens is 262 g/mol. The molecule has 6 heteroatoms. The number of amides is 1. The Morgan fingerprint density at radius 2 is 2.32 bits per heavy atom. The van der Waals surface area contributed by atoms with Crippen molar-refractivity contribution < 1.29 is 10.0 Å². The van der Waals surface area contributed by atoms with E-state index >= 15 is 0 Å². The standard InChI is InChI=1S/C13H19N3O2S/c1-8-6-11(19-9(8)2)13(17)16-5-3-4-10(7-16)12(14)15-18/h6,10,18H,3-5,7H2,1-2H3,(H2,14,15). The van der Waals surface area contributed by atoms with Crippen molar-refractivity contribution in [1.29, 1.82) is 0 Å². The molecule has 0 saturated carbocycles. The number of likely N-dealkylation sites (tertiary alicyclic amines) is 1. The van der Waals surface area contributed by atoms with Gasteiger partial charge in [0.2, 0.25) is 0 Å². The lowest BCUT2D eigenvalue weighted by Crippen LogP contribution is -2.44. The van der Waals surface area contributed by atoms with Crippen LogP contribution in [0.3, 0.4) is 0 Å². The highest BCUT2D eigenvalue weighted by molar-refractivity contribution is 7.14. The SMILES string of the molecule is Cc1cc(C(=O)N2CCCC(C(N)=NO)C2)sc1C. The molecule has 0 aliphatic carbocycles. The molecule has 1 unspecified atom stereocenters. The topological polar surface area (TPSA) is 78.9 Å². The number of nitrogens with two attached hydrogens (primary N) is 1. The molecule has 1 fully saturated rings. The molecule has 0 spiro atoms. The fourth-order valence-corrected chi connectivity index (χ4v) is 3.32. The molecule has 2 heterocycles. The van der Waals surface area contributed by atoms with Crippen LogP contribution in [0.5, 0.6) is 0 Å². The Hall–Kier alpha value is -1.56. The van der Waals surface area contributed by atoms with Crippen molar-refractivity contribution in [2.45, 2.75) is 26.7 Å². The van der Waals surface area contributed by atoms with Crippen LogP contribution >= 0.6 is 11.3 Å². The van der Waals surface area contributed by atoms with E-state index in [4.69, 9.17) is 10.9 Å². The van der Waals surface area contributed by atoms with Crippen LogP contribution in [0, 0.1) is 19.8 Å². The molecule has 3 N–H and O–H groups in total. The van der Waals surface area contributed by atoms with Crippen molar-refractivity contribution in [3.63, 3.8) is 0 Å². The van der Waals surface area contributed by atoms with Gasteiger partial charge in [-0.15, -0.1) is 11.3 Å². The van der Waals surface area contributed by atoms with E-state index in [1.54, 1.807) is 4.90 Å². The highest BCUT2D eigenvalue weighted by Crippen LogP contribution is 2.24.